The second-order valence-electron chi connectivity index (χ2n) is 7.13. The van der Waals surface area contributed by atoms with E-state index in [0.29, 0.717) is 28.4 Å². The molecule has 5 rings (SSSR count). The van der Waals surface area contributed by atoms with Gasteiger partial charge in [0.15, 0.2) is 5.82 Å². The lowest BCUT2D eigenvalue weighted by Gasteiger charge is -2.09. The quantitative estimate of drug-likeness (QED) is 0.474. The van der Waals surface area contributed by atoms with Gasteiger partial charge in [-0.2, -0.15) is 4.98 Å². The van der Waals surface area contributed by atoms with E-state index >= 15 is 0 Å². The van der Waals surface area contributed by atoms with Gasteiger partial charge in [-0.25, -0.2) is 4.98 Å². The monoisotopic (exact) mass is 414 g/mol. The zero-order chi connectivity index (χ0) is 21.4. The molecule has 9 heteroatoms. The number of nitrogens with one attached hydrogen (secondary N) is 1. The first-order valence-corrected chi connectivity index (χ1v) is 9.70. The Morgan fingerprint density at radius 3 is 2.65 bits per heavy atom. The molecule has 1 N–H and O–H groups in total. The summed E-state index contributed by atoms with van der Waals surface area (Å²) < 4.78 is 8.24. The molecule has 3 aromatic heterocycles. The smallest absolute Gasteiger partial charge is 0.278 e. The molecule has 2 aromatic carbocycles. The van der Waals surface area contributed by atoms with Crippen LogP contribution in [-0.2, 0) is 17.9 Å². The third-order valence-electron chi connectivity index (χ3n) is 4.97. The number of hydrogen-bond donors (Lipinski definition) is 1. The predicted molar refractivity (Wildman–Crippen MR) is 115 cm³/mol. The first-order chi connectivity index (χ1) is 15.1. The lowest BCUT2D eigenvalue weighted by Crippen LogP contribution is -2.25. The molecule has 0 spiro atoms. The fourth-order valence-corrected chi connectivity index (χ4v) is 3.64. The fourth-order valence-electron chi connectivity index (χ4n) is 3.64. The molecule has 0 atom stereocenters. The Kier molecular flexibility index (Phi) is 4.55. The van der Waals surface area contributed by atoms with E-state index in [-0.39, 0.29) is 24.6 Å². The summed E-state index contributed by atoms with van der Waals surface area (Å²) in [6.07, 6.45) is 1.46. The maximum absolute atomic E-state index is 13.4. The first-order valence-electron chi connectivity index (χ1n) is 9.70. The number of nitrogens with zero attached hydrogens (tertiary/aromatic N) is 5. The van der Waals surface area contributed by atoms with Gasteiger partial charge >= 0.3 is 0 Å². The van der Waals surface area contributed by atoms with Crippen LogP contribution in [0.25, 0.3) is 21.9 Å². The SMILES string of the molecule is Cc1noc(Cn2cnc3c4ccccc4n(CC(=O)Nc4ccccc4)c3c2=O)n1. The number of hydrogen-bond acceptors (Lipinski definition) is 6. The van der Waals surface area contributed by atoms with Gasteiger partial charge in [0.1, 0.15) is 24.1 Å². The van der Waals surface area contributed by atoms with E-state index in [0.717, 1.165) is 10.9 Å². The fraction of sp³-hybridized carbons (Fsp3) is 0.136. The van der Waals surface area contributed by atoms with Gasteiger partial charge in [-0.1, -0.05) is 41.6 Å². The number of aryl methyl sites for hydroxylation is 1. The molecule has 0 radical (unpaired) electrons. The second kappa shape index (κ2) is 7.52. The highest BCUT2D eigenvalue weighted by Gasteiger charge is 2.19. The van der Waals surface area contributed by atoms with Gasteiger partial charge in [0.05, 0.1) is 11.8 Å². The molecule has 5 aromatic rings. The van der Waals surface area contributed by atoms with Crippen molar-refractivity contribution < 1.29 is 9.32 Å². The molecule has 9 nitrogen and oxygen atoms in total. The van der Waals surface area contributed by atoms with Crippen molar-refractivity contribution in [2.24, 2.45) is 0 Å². The standard InChI is InChI=1S/C22H18N6O3/c1-14-24-19(31-26-14)12-27-13-23-20-16-9-5-6-10-17(16)28(21(20)22(27)30)11-18(29)25-15-7-3-2-4-8-15/h2-10,13H,11-12H2,1H3,(H,25,29). The minimum absolute atomic E-state index is 0.0283. The molecule has 0 unspecified atom stereocenters. The summed E-state index contributed by atoms with van der Waals surface area (Å²) in [5.74, 6) is 0.560. The van der Waals surface area contributed by atoms with E-state index in [1.54, 1.807) is 11.5 Å². The summed E-state index contributed by atoms with van der Waals surface area (Å²) in [4.78, 5) is 34.8. The number of benzene rings is 2. The Labute approximate surface area is 175 Å². The van der Waals surface area contributed by atoms with Crippen molar-refractivity contribution in [3.05, 3.63) is 83.0 Å². The molecule has 31 heavy (non-hydrogen) atoms. The van der Waals surface area contributed by atoms with Crippen molar-refractivity contribution in [2.45, 2.75) is 20.0 Å². The van der Waals surface area contributed by atoms with Crippen LogP contribution in [0, 0.1) is 6.92 Å². The van der Waals surface area contributed by atoms with Gasteiger partial charge in [-0.05, 0) is 25.1 Å². The molecule has 0 fully saturated rings. The number of fused-ring (bicyclic) bond motifs is 3. The maximum Gasteiger partial charge on any atom is 0.278 e. The minimum Gasteiger partial charge on any atom is -0.337 e. The summed E-state index contributed by atoms with van der Waals surface area (Å²) in [6.45, 7) is 1.78. The molecular weight excluding hydrogens is 396 g/mol. The number of anilines is 1. The van der Waals surface area contributed by atoms with E-state index < -0.39 is 0 Å². The van der Waals surface area contributed by atoms with Gasteiger partial charge in [0.25, 0.3) is 5.56 Å². The first kappa shape index (κ1) is 18.7. The summed E-state index contributed by atoms with van der Waals surface area (Å²) in [5, 5.41) is 7.43. The highest BCUT2D eigenvalue weighted by atomic mass is 16.5. The van der Waals surface area contributed by atoms with Crippen molar-refractivity contribution in [3.8, 4) is 0 Å². The molecule has 0 saturated heterocycles. The van der Waals surface area contributed by atoms with Crippen LogP contribution in [0.5, 0.6) is 0 Å². The maximum atomic E-state index is 13.4. The van der Waals surface area contributed by atoms with Crippen molar-refractivity contribution in [1.82, 2.24) is 24.3 Å². The number of aromatic nitrogens is 5. The normalized spacial score (nSPS) is 11.3. The predicted octanol–water partition coefficient (Wildman–Crippen LogP) is 2.73. The lowest BCUT2D eigenvalue weighted by molar-refractivity contribution is -0.116. The zero-order valence-corrected chi connectivity index (χ0v) is 16.6. The number of rotatable bonds is 5. The Bertz CT molecular complexity index is 1470. The van der Waals surface area contributed by atoms with Gasteiger partial charge in [-0.3, -0.25) is 14.2 Å². The Morgan fingerprint density at radius 1 is 1.10 bits per heavy atom. The highest BCUT2D eigenvalue weighted by Crippen LogP contribution is 2.25. The zero-order valence-electron chi connectivity index (χ0n) is 16.6. The van der Waals surface area contributed by atoms with Crippen molar-refractivity contribution >= 4 is 33.5 Å². The van der Waals surface area contributed by atoms with Gasteiger partial charge in [-0.15, -0.1) is 0 Å². The Morgan fingerprint density at radius 2 is 1.87 bits per heavy atom. The summed E-state index contributed by atoms with van der Waals surface area (Å²) in [7, 11) is 0. The third-order valence-corrected chi connectivity index (χ3v) is 4.97. The third kappa shape index (κ3) is 3.46. The van der Waals surface area contributed by atoms with Crippen molar-refractivity contribution in [3.63, 3.8) is 0 Å². The second-order valence-corrected chi connectivity index (χ2v) is 7.13. The summed E-state index contributed by atoms with van der Waals surface area (Å²) in [6, 6.07) is 16.7. The van der Waals surface area contributed by atoms with Crippen LogP contribution < -0.4 is 10.9 Å². The van der Waals surface area contributed by atoms with E-state index in [2.05, 4.69) is 20.4 Å². The average Bonchev–Trinajstić information content (AvgIpc) is 3.32. The number of carbonyl (C=O) groups excluding carboxylic acids is 1. The molecule has 3 heterocycles. The van der Waals surface area contributed by atoms with Gasteiger partial charge in [0.2, 0.25) is 11.8 Å². The number of para-hydroxylation sites is 2. The Hall–Kier alpha value is -4.27. The molecule has 0 bridgehead atoms. The van der Waals surface area contributed by atoms with Crippen LogP contribution in [0.15, 0.2) is 70.2 Å². The van der Waals surface area contributed by atoms with Crippen LogP contribution in [-0.4, -0.2) is 30.2 Å². The molecular formula is C22H18N6O3. The minimum atomic E-state index is -0.287. The van der Waals surface area contributed by atoms with Crippen LogP contribution >= 0.6 is 0 Å². The molecule has 0 aliphatic carbocycles. The van der Waals surface area contributed by atoms with Gasteiger partial charge in [0, 0.05) is 11.1 Å². The molecule has 1 amide bonds. The van der Waals surface area contributed by atoms with Crippen LogP contribution in [0.3, 0.4) is 0 Å². The molecule has 0 aliphatic rings. The average molecular weight is 414 g/mol. The van der Waals surface area contributed by atoms with Gasteiger partial charge < -0.3 is 14.4 Å². The molecule has 0 aliphatic heterocycles. The van der Waals surface area contributed by atoms with E-state index in [1.165, 1.54) is 10.9 Å². The molecule has 154 valence electrons. The molecule has 0 saturated carbocycles. The number of amides is 1. The highest BCUT2D eigenvalue weighted by molar-refractivity contribution is 6.06. The van der Waals surface area contributed by atoms with E-state index in [9.17, 15) is 9.59 Å². The van der Waals surface area contributed by atoms with Crippen LogP contribution in [0.1, 0.15) is 11.7 Å². The van der Waals surface area contributed by atoms with Crippen molar-refractivity contribution in [2.75, 3.05) is 5.32 Å². The van der Waals surface area contributed by atoms with E-state index in [1.807, 2.05) is 54.6 Å². The number of carbonyl (C=O) groups is 1. The summed E-state index contributed by atoms with van der Waals surface area (Å²) >= 11 is 0. The summed E-state index contributed by atoms with van der Waals surface area (Å²) in [5.41, 5.74) is 2.06. The largest absolute Gasteiger partial charge is 0.337 e. The Balaban J connectivity index is 1.60. The van der Waals surface area contributed by atoms with Crippen LogP contribution in [0.4, 0.5) is 5.69 Å². The van der Waals surface area contributed by atoms with Crippen LogP contribution in [0.2, 0.25) is 0 Å². The van der Waals surface area contributed by atoms with Crippen molar-refractivity contribution in [1.29, 1.82) is 0 Å². The lowest BCUT2D eigenvalue weighted by atomic mass is 10.2. The van der Waals surface area contributed by atoms with E-state index in [4.69, 9.17) is 4.52 Å². The topological polar surface area (TPSA) is 108 Å².